The van der Waals surface area contributed by atoms with Crippen LogP contribution in [0, 0.1) is 11.3 Å². The van der Waals surface area contributed by atoms with Gasteiger partial charge in [0.25, 0.3) is 5.91 Å². The molecule has 1 N–H and O–H groups in total. The van der Waals surface area contributed by atoms with Crippen molar-refractivity contribution in [2.45, 2.75) is 51.1 Å². The van der Waals surface area contributed by atoms with E-state index < -0.39 is 0 Å². The monoisotopic (exact) mass is 405 g/mol. The second-order valence-electron chi connectivity index (χ2n) is 7.26. The van der Waals surface area contributed by atoms with Crippen LogP contribution in [0.15, 0.2) is 46.4 Å². The fourth-order valence-electron chi connectivity index (χ4n) is 3.65. The second-order valence-corrected chi connectivity index (χ2v) is 8.29. The van der Waals surface area contributed by atoms with E-state index in [9.17, 15) is 4.79 Å². The van der Waals surface area contributed by atoms with Crippen LogP contribution in [0.2, 0.25) is 0 Å². The lowest BCUT2D eigenvalue weighted by Crippen LogP contribution is -2.22. The van der Waals surface area contributed by atoms with E-state index in [2.05, 4.69) is 16.5 Å². The fraction of sp³-hybridized carbons (Fsp3) is 0.364. The third-order valence-electron chi connectivity index (χ3n) is 5.10. The van der Waals surface area contributed by atoms with Crippen LogP contribution in [0.3, 0.4) is 0 Å². The Bertz CT molecular complexity index is 980. The van der Waals surface area contributed by atoms with E-state index in [0.717, 1.165) is 29.7 Å². The topological polar surface area (TPSA) is 83.1 Å². The Morgan fingerprint density at radius 3 is 2.83 bits per heavy atom. The van der Waals surface area contributed by atoms with Crippen molar-refractivity contribution in [3.8, 4) is 17.3 Å². The number of rotatable bonds is 5. The van der Waals surface area contributed by atoms with Crippen LogP contribution in [0.1, 0.15) is 44.1 Å². The Morgan fingerprint density at radius 2 is 2.07 bits per heavy atom. The maximum absolute atomic E-state index is 12.5. The number of carbonyl (C=O) groups is 1. The predicted octanol–water partition coefficient (Wildman–Crippen LogP) is 4.36. The van der Waals surface area contributed by atoms with E-state index in [1.165, 1.54) is 31.0 Å². The van der Waals surface area contributed by atoms with Crippen molar-refractivity contribution >= 4 is 28.9 Å². The first-order chi connectivity index (χ1) is 14.2. The van der Waals surface area contributed by atoms with Gasteiger partial charge in [-0.2, -0.15) is 10.4 Å². The van der Waals surface area contributed by atoms with E-state index in [0.29, 0.717) is 29.1 Å². The molecule has 2 heterocycles. The summed E-state index contributed by atoms with van der Waals surface area (Å²) in [5.41, 5.74) is 2.65. The average Bonchev–Trinajstić information content (AvgIpc) is 3.31. The number of nitrogens with one attached hydrogen (secondary N) is 1. The molecule has 6 nitrogen and oxygen atoms in total. The SMILES string of the molecule is N#CCCn1cc(/C=C2\SC(=NC3CCCCC3)NC2=O)c(-c2ccccc2)n1. The van der Waals surface area contributed by atoms with Crippen LogP contribution in [-0.2, 0) is 11.3 Å². The van der Waals surface area contributed by atoms with Crippen LogP contribution in [0.25, 0.3) is 17.3 Å². The molecule has 2 fully saturated rings. The number of hydrogen-bond acceptors (Lipinski definition) is 5. The molecule has 29 heavy (non-hydrogen) atoms. The highest BCUT2D eigenvalue weighted by Gasteiger charge is 2.26. The molecule has 0 atom stereocenters. The van der Waals surface area contributed by atoms with E-state index in [4.69, 9.17) is 10.3 Å². The zero-order chi connectivity index (χ0) is 20.1. The van der Waals surface area contributed by atoms with Gasteiger partial charge in [-0.1, -0.05) is 49.6 Å². The number of nitrogens with zero attached hydrogens (tertiary/aromatic N) is 4. The number of amides is 1. The lowest BCUT2D eigenvalue weighted by Gasteiger charge is -2.17. The van der Waals surface area contributed by atoms with Gasteiger partial charge in [0.1, 0.15) is 0 Å². The molecule has 1 aliphatic heterocycles. The number of carbonyl (C=O) groups excluding carboxylic acids is 1. The van der Waals surface area contributed by atoms with Gasteiger partial charge in [-0.15, -0.1) is 0 Å². The van der Waals surface area contributed by atoms with Crippen molar-refractivity contribution in [1.82, 2.24) is 15.1 Å². The number of nitriles is 1. The highest BCUT2D eigenvalue weighted by Crippen LogP contribution is 2.31. The van der Waals surface area contributed by atoms with Crippen molar-refractivity contribution < 1.29 is 4.79 Å². The summed E-state index contributed by atoms with van der Waals surface area (Å²) < 4.78 is 1.77. The molecular weight excluding hydrogens is 382 g/mol. The Labute approximate surface area is 174 Å². The van der Waals surface area contributed by atoms with Gasteiger partial charge >= 0.3 is 0 Å². The summed E-state index contributed by atoms with van der Waals surface area (Å²) in [6.45, 7) is 0.521. The molecule has 148 valence electrons. The molecule has 1 aliphatic carbocycles. The van der Waals surface area contributed by atoms with Crippen LogP contribution >= 0.6 is 11.8 Å². The lowest BCUT2D eigenvalue weighted by atomic mass is 9.96. The zero-order valence-electron chi connectivity index (χ0n) is 16.2. The van der Waals surface area contributed by atoms with Crippen molar-refractivity contribution in [3.63, 3.8) is 0 Å². The normalized spacial score (nSPS) is 20.2. The molecular formula is C22H23N5OS. The molecule has 1 aromatic carbocycles. The molecule has 1 saturated carbocycles. The summed E-state index contributed by atoms with van der Waals surface area (Å²) in [7, 11) is 0. The fourth-order valence-corrected chi connectivity index (χ4v) is 4.53. The Balaban J connectivity index is 1.61. The molecule has 4 rings (SSSR count). The molecule has 0 spiro atoms. The predicted molar refractivity (Wildman–Crippen MR) is 116 cm³/mol. The third-order valence-corrected chi connectivity index (χ3v) is 6.03. The molecule has 1 saturated heterocycles. The molecule has 0 unspecified atom stereocenters. The van der Waals surface area contributed by atoms with Crippen LogP contribution in [0.5, 0.6) is 0 Å². The Morgan fingerprint density at radius 1 is 1.28 bits per heavy atom. The number of aliphatic imine (C=N–C) groups is 1. The van der Waals surface area contributed by atoms with Crippen LogP contribution in [0.4, 0.5) is 0 Å². The van der Waals surface area contributed by atoms with Gasteiger partial charge in [-0.25, -0.2) is 0 Å². The van der Waals surface area contributed by atoms with Gasteiger partial charge in [0.2, 0.25) is 0 Å². The summed E-state index contributed by atoms with van der Waals surface area (Å²) in [6, 6.07) is 12.4. The number of aromatic nitrogens is 2. The Hall–Kier alpha value is -2.85. The second kappa shape index (κ2) is 9.10. The number of benzene rings is 1. The first-order valence-corrected chi connectivity index (χ1v) is 10.8. The first kappa shape index (κ1) is 19.5. The van der Waals surface area contributed by atoms with Crippen molar-refractivity contribution in [2.75, 3.05) is 0 Å². The maximum atomic E-state index is 12.5. The minimum atomic E-state index is -0.117. The van der Waals surface area contributed by atoms with Crippen molar-refractivity contribution in [2.24, 2.45) is 4.99 Å². The van der Waals surface area contributed by atoms with Crippen LogP contribution < -0.4 is 5.32 Å². The summed E-state index contributed by atoms with van der Waals surface area (Å²) in [5, 5.41) is 17.1. The first-order valence-electron chi connectivity index (χ1n) is 10.0. The van der Waals surface area contributed by atoms with Gasteiger partial charge < -0.3 is 5.32 Å². The number of thioether (sulfide) groups is 1. The quantitative estimate of drug-likeness (QED) is 0.750. The lowest BCUT2D eigenvalue weighted by molar-refractivity contribution is -0.115. The minimum Gasteiger partial charge on any atom is -0.301 e. The highest BCUT2D eigenvalue weighted by atomic mass is 32.2. The summed E-state index contributed by atoms with van der Waals surface area (Å²) in [6.07, 6.45) is 10.1. The van der Waals surface area contributed by atoms with Crippen molar-refractivity contribution in [1.29, 1.82) is 5.26 Å². The number of hydrogen-bond donors (Lipinski definition) is 1. The number of amidine groups is 1. The largest absolute Gasteiger partial charge is 0.301 e. The summed E-state index contributed by atoms with van der Waals surface area (Å²) in [5.74, 6) is -0.117. The van der Waals surface area contributed by atoms with Crippen LogP contribution in [-0.4, -0.2) is 26.9 Å². The van der Waals surface area contributed by atoms with E-state index in [1.807, 2.05) is 42.6 Å². The third kappa shape index (κ3) is 4.77. The van der Waals surface area contributed by atoms with Gasteiger partial charge in [0.15, 0.2) is 5.17 Å². The zero-order valence-corrected chi connectivity index (χ0v) is 17.0. The smallest absolute Gasteiger partial charge is 0.264 e. The number of aryl methyl sites for hydroxylation is 1. The average molecular weight is 406 g/mol. The summed E-state index contributed by atoms with van der Waals surface area (Å²) in [4.78, 5) is 17.9. The van der Waals surface area contributed by atoms with Gasteiger partial charge in [-0.05, 0) is 30.7 Å². The van der Waals surface area contributed by atoms with Gasteiger partial charge in [-0.3, -0.25) is 14.5 Å². The Kier molecular flexibility index (Phi) is 6.11. The molecule has 1 aromatic heterocycles. The maximum Gasteiger partial charge on any atom is 0.264 e. The van der Waals surface area contributed by atoms with Gasteiger partial charge in [0, 0.05) is 17.3 Å². The van der Waals surface area contributed by atoms with E-state index >= 15 is 0 Å². The van der Waals surface area contributed by atoms with Gasteiger partial charge in [0.05, 0.1) is 35.7 Å². The van der Waals surface area contributed by atoms with E-state index in [1.54, 1.807) is 4.68 Å². The molecule has 0 bridgehead atoms. The summed E-state index contributed by atoms with van der Waals surface area (Å²) >= 11 is 1.40. The molecule has 1 amide bonds. The highest BCUT2D eigenvalue weighted by molar-refractivity contribution is 8.18. The minimum absolute atomic E-state index is 0.117. The molecule has 2 aromatic rings. The van der Waals surface area contributed by atoms with E-state index in [-0.39, 0.29) is 5.91 Å². The molecule has 7 heteroatoms. The molecule has 2 aliphatic rings. The van der Waals surface area contributed by atoms with Crippen molar-refractivity contribution in [3.05, 3.63) is 47.0 Å². The standard InChI is InChI=1S/C22H23N5OS/c23-12-7-13-27-15-17(20(26-27)16-8-3-1-4-9-16)14-19-21(28)25-22(29-19)24-18-10-5-2-6-11-18/h1,3-4,8-9,14-15,18H,2,5-7,10-11,13H2,(H,24,25,28)/b19-14-. The molecule has 0 radical (unpaired) electrons.